The molecule has 0 bridgehead atoms. The molecule has 1 aromatic heterocycles. The Morgan fingerprint density at radius 3 is 2.71 bits per heavy atom. The number of nitriles is 1. The van der Waals surface area contributed by atoms with Crippen molar-refractivity contribution >= 4 is 17.3 Å². The molecule has 0 saturated heterocycles. The molecule has 1 aliphatic heterocycles. The Balaban J connectivity index is 1.69. The SMILES string of the molecule is COc1cc(C2C(C#N)=C(N)Oc3cc(OC(=O)c4cccs4)ccc32)ccc1OCC(C)C. The van der Waals surface area contributed by atoms with Gasteiger partial charge in [-0.05, 0) is 41.1 Å². The zero-order valence-corrected chi connectivity index (χ0v) is 19.8. The molecule has 1 aliphatic rings. The van der Waals surface area contributed by atoms with Crippen molar-refractivity contribution in [3.05, 3.63) is 81.4 Å². The van der Waals surface area contributed by atoms with Crippen LogP contribution in [0.15, 0.2) is 65.4 Å². The van der Waals surface area contributed by atoms with Crippen molar-refractivity contribution in [1.82, 2.24) is 0 Å². The van der Waals surface area contributed by atoms with Crippen molar-refractivity contribution in [3.8, 4) is 29.1 Å². The summed E-state index contributed by atoms with van der Waals surface area (Å²) in [5.74, 6) is 1.34. The molecule has 0 amide bonds. The van der Waals surface area contributed by atoms with E-state index in [1.807, 2.05) is 18.2 Å². The number of nitrogens with zero attached hydrogens (tertiary/aromatic N) is 1. The van der Waals surface area contributed by atoms with Crippen LogP contribution in [0.4, 0.5) is 0 Å². The standard InChI is InChI=1S/C26H24N2O5S/c1-15(2)14-31-20-9-6-16(11-22(20)30-3)24-18-8-7-17(32-26(29)23-5-4-10-34-23)12-21(18)33-25(28)19(24)13-27/h4-12,15,24H,14,28H2,1-3H3. The Bertz CT molecular complexity index is 1270. The van der Waals surface area contributed by atoms with Gasteiger partial charge >= 0.3 is 5.97 Å². The average molecular weight is 477 g/mol. The Morgan fingerprint density at radius 1 is 1.21 bits per heavy atom. The number of methoxy groups -OCH3 is 1. The van der Waals surface area contributed by atoms with Crippen LogP contribution in [-0.2, 0) is 0 Å². The van der Waals surface area contributed by atoms with Crippen molar-refractivity contribution in [1.29, 1.82) is 5.26 Å². The summed E-state index contributed by atoms with van der Waals surface area (Å²) in [6.07, 6.45) is 0. The molecule has 2 aromatic carbocycles. The van der Waals surface area contributed by atoms with Crippen LogP contribution in [0.2, 0.25) is 0 Å². The van der Waals surface area contributed by atoms with Gasteiger partial charge in [-0.25, -0.2) is 4.79 Å². The number of fused-ring (bicyclic) bond motifs is 1. The minimum absolute atomic E-state index is 0.000773. The van der Waals surface area contributed by atoms with Gasteiger partial charge in [-0.1, -0.05) is 32.0 Å². The number of hydrogen-bond donors (Lipinski definition) is 1. The van der Waals surface area contributed by atoms with Crippen LogP contribution in [0.25, 0.3) is 0 Å². The summed E-state index contributed by atoms with van der Waals surface area (Å²) in [4.78, 5) is 12.8. The van der Waals surface area contributed by atoms with Crippen LogP contribution in [0, 0.1) is 17.2 Å². The number of benzene rings is 2. The minimum Gasteiger partial charge on any atom is -0.493 e. The highest BCUT2D eigenvalue weighted by molar-refractivity contribution is 7.12. The molecule has 4 rings (SSSR count). The molecule has 174 valence electrons. The van der Waals surface area contributed by atoms with E-state index in [0.29, 0.717) is 40.4 Å². The third kappa shape index (κ3) is 4.70. The van der Waals surface area contributed by atoms with Crippen molar-refractivity contribution in [2.75, 3.05) is 13.7 Å². The van der Waals surface area contributed by atoms with Crippen LogP contribution in [0.1, 0.15) is 40.6 Å². The molecule has 0 aliphatic carbocycles. The third-order valence-electron chi connectivity index (χ3n) is 5.22. The van der Waals surface area contributed by atoms with Gasteiger partial charge in [-0.3, -0.25) is 0 Å². The number of carbonyl (C=O) groups excluding carboxylic acids is 1. The summed E-state index contributed by atoms with van der Waals surface area (Å²) >= 11 is 1.30. The van der Waals surface area contributed by atoms with E-state index in [1.54, 1.807) is 42.8 Å². The van der Waals surface area contributed by atoms with Crippen LogP contribution < -0.4 is 24.7 Å². The second-order valence-electron chi connectivity index (χ2n) is 8.11. The number of esters is 1. The highest BCUT2D eigenvalue weighted by Crippen LogP contribution is 2.45. The monoisotopic (exact) mass is 476 g/mol. The first kappa shape index (κ1) is 23.2. The van der Waals surface area contributed by atoms with Crippen LogP contribution in [0.3, 0.4) is 0 Å². The number of ether oxygens (including phenoxy) is 4. The first-order valence-corrected chi connectivity index (χ1v) is 11.6. The topological polar surface area (TPSA) is 104 Å². The quantitative estimate of drug-likeness (QED) is 0.368. The number of thiophene rings is 1. The van der Waals surface area contributed by atoms with Crippen LogP contribution in [-0.4, -0.2) is 19.7 Å². The summed E-state index contributed by atoms with van der Waals surface area (Å²) in [6, 6.07) is 16.3. The Hall–Kier alpha value is -3.96. The molecule has 34 heavy (non-hydrogen) atoms. The second-order valence-corrected chi connectivity index (χ2v) is 9.05. The molecule has 2 heterocycles. The molecule has 0 spiro atoms. The molecule has 0 radical (unpaired) electrons. The van der Waals surface area contributed by atoms with E-state index in [9.17, 15) is 10.1 Å². The number of nitrogens with two attached hydrogens (primary N) is 1. The van der Waals surface area contributed by atoms with Gasteiger partial charge in [0.15, 0.2) is 11.5 Å². The fourth-order valence-electron chi connectivity index (χ4n) is 3.63. The molecule has 1 atom stereocenters. The summed E-state index contributed by atoms with van der Waals surface area (Å²) in [7, 11) is 1.57. The summed E-state index contributed by atoms with van der Waals surface area (Å²) in [5, 5.41) is 11.6. The van der Waals surface area contributed by atoms with Gasteiger partial charge in [-0.15, -0.1) is 11.3 Å². The van der Waals surface area contributed by atoms with E-state index in [4.69, 9.17) is 24.7 Å². The molecule has 7 nitrogen and oxygen atoms in total. The first-order valence-electron chi connectivity index (χ1n) is 10.7. The fraction of sp³-hybridized carbons (Fsp3) is 0.231. The van der Waals surface area contributed by atoms with Crippen molar-refractivity contribution in [3.63, 3.8) is 0 Å². The average Bonchev–Trinajstić information content (AvgIpc) is 3.37. The number of carbonyl (C=O) groups is 1. The number of rotatable bonds is 7. The second kappa shape index (κ2) is 9.89. The lowest BCUT2D eigenvalue weighted by Gasteiger charge is -2.27. The zero-order valence-electron chi connectivity index (χ0n) is 19.0. The van der Waals surface area contributed by atoms with Crippen molar-refractivity contribution in [2.24, 2.45) is 11.7 Å². The van der Waals surface area contributed by atoms with Gasteiger partial charge in [0.05, 0.1) is 19.6 Å². The molecule has 0 fully saturated rings. The van der Waals surface area contributed by atoms with Gasteiger partial charge < -0.3 is 24.7 Å². The van der Waals surface area contributed by atoms with Gasteiger partial charge in [0.25, 0.3) is 0 Å². The Morgan fingerprint density at radius 2 is 2.03 bits per heavy atom. The van der Waals surface area contributed by atoms with E-state index in [2.05, 4.69) is 19.9 Å². The van der Waals surface area contributed by atoms with Crippen molar-refractivity contribution < 1.29 is 23.7 Å². The summed E-state index contributed by atoms with van der Waals surface area (Å²) < 4.78 is 22.6. The molecular weight excluding hydrogens is 452 g/mol. The van der Waals surface area contributed by atoms with Gasteiger partial charge in [0, 0.05) is 11.6 Å². The van der Waals surface area contributed by atoms with Crippen molar-refractivity contribution in [2.45, 2.75) is 19.8 Å². The normalized spacial score (nSPS) is 14.7. The molecule has 0 saturated carbocycles. The largest absolute Gasteiger partial charge is 0.493 e. The molecule has 1 unspecified atom stereocenters. The zero-order chi connectivity index (χ0) is 24.2. The first-order chi connectivity index (χ1) is 16.4. The van der Waals surface area contributed by atoms with Crippen LogP contribution in [0.5, 0.6) is 23.0 Å². The smallest absolute Gasteiger partial charge is 0.353 e. The molecular formula is C26H24N2O5S. The van der Waals surface area contributed by atoms with Gasteiger partial charge in [0.2, 0.25) is 5.88 Å². The highest BCUT2D eigenvalue weighted by atomic mass is 32.1. The molecule has 2 N–H and O–H groups in total. The highest BCUT2D eigenvalue weighted by Gasteiger charge is 2.32. The summed E-state index contributed by atoms with van der Waals surface area (Å²) in [5.41, 5.74) is 7.92. The molecule has 8 heteroatoms. The van der Waals surface area contributed by atoms with E-state index in [0.717, 1.165) is 11.1 Å². The maximum absolute atomic E-state index is 12.3. The van der Waals surface area contributed by atoms with Gasteiger partial charge in [0.1, 0.15) is 28.0 Å². The lowest BCUT2D eigenvalue weighted by atomic mass is 9.83. The maximum atomic E-state index is 12.3. The van der Waals surface area contributed by atoms with E-state index in [-0.39, 0.29) is 11.5 Å². The fourth-order valence-corrected chi connectivity index (χ4v) is 4.23. The number of hydrogen-bond acceptors (Lipinski definition) is 8. The summed E-state index contributed by atoms with van der Waals surface area (Å²) in [6.45, 7) is 4.69. The van der Waals surface area contributed by atoms with E-state index < -0.39 is 11.9 Å². The van der Waals surface area contributed by atoms with Crippen LogP contribution >= 0.6 is 11.3 Å². The lowest BCUT2D eigenvalue weighted by Crippen LogP contribution is -2.21. The molecule has 3 aromatic rings. The lowest BCUT2D eigenvalue weighted by molar-refractivity contribution is 0.0739. The maximum Gasteiger partial charge on any atom is 0.353 e. The van der Waals surface area contributed by atoms with E-state index in [1.165, 1.54) is 11.3 Å². The predicted molar refractivity (Wildman–Crippen MR) is 128 cm³/mol. The van der Waals surface area contributed by atoms with Gasteiger partial charge in [-0.2, -0.15) is 5.26 Å². The third-order valence-corrected chi connectivity index (χ3v) is 6.07. The van der Waals surface area contributed by atoms with E-state index >= 15 is 0 Å². The minimum atomic E-state index is -0.483. The Kier molecular flexibility index (Phi) is 6.75. The Labute approximate surface area is 201 Å². The predicted octanol–water partition coefficient (Wildman–Crippen LogP) is 5.23. The number of allylic oxidation sites excluding steroid dienone is 1.